The molecule has 0 saturated carbocycles. The smallest absolute Gasteiger partial charge is 0.143 e. The Kier molecular flexibility index (Phi) is 8.53. The standard InChI is InChI=1S/C66H40N2OS/c1-6-25-59-50(20-1)51-21-2-7-26-60(51)67(59)48-18-12-16-43(35-48)44-30-32-63-56(37-44)58-40-47(42-15-11-14-41(34-42)45-31-33-65-57(38-45)54-24-5-10-29-64(54)70-65)39-55(66(58)69-63)46-17-13-19-49(36-46)68-61-27-8-3-22-52(61)53-23-4-9-28-62(53)68/h1-40H. The molecule has 15 rings (SSSR count). The molecule has 0 spiro atoms. The highest BCUT2D eigenvalue weighted by Crippen LogP contribution is 2.44. The van der Waals surface area contributed by atoms with Crippen molar-refractivity contribution in [2.24, 2.45) is 0 Å². The molecule has 0 N–H and O–H groups in total. The lowest BCUT2D eigenvalue weighted by Crippen LogP contribution is -1.94. The zero-order chi connectivity index (χ0) is 45.9. The van der Waals surface area contributed by atoms with Gasteiger partial charge in [0.05, 0.1) is 22.1 Å². The number of rotatable bonds is 6. The van der Waals surface area contributed by atoms with Gasteiger partial charge in [-0.15, -0.1) is 11.3 Å². The van der Waals surface area contributed by atoms with E-state index in [0.29, 0.717) is 0 Å². The molecule has 326 valence electrons. The van der Waals surface area contributed by atoms with E-state index < -0.39 is 0 Å². The van der Waals surface area contributed by atoms with E-state index in [9.17, 15) is 0 Å². The minimum atomic E-state index is 0.860. The summed E-state index contributed by atoms with van der Waals surface area (Å²) >= 11 is 1.86. The molecule has 4 heteroatoms. The van der Waals surface area contributed by atoms with Crippen LogP contribution in [0.3, 0.4) is 0 Å². The zero-order valence-electron chi connectivity index (χ0n) is 37.8. The molecule has 4 heterocycles. The Balaban J connectivity index is 0.919. The third-order valence-electron chi connectivity index (χ3n) is 14.5. The number of hydrogen-bond donors (Lipinski definition) is 0. The quantitative estimate of drug-likeness (QED) is 0.163. The van der Waals surface area contributed by atoms with Gasteiger partial charge in [0.1, 0.15) is 11.2 Å². The molecular weight excluding hydrogens is 869 g/mol. The predicted octanol–water partition coefficient (Wildman–Crippen LogP) is 18.8. The van der Waals surface area contributed by atoms with E-state index in [4.69, 9.17) is 4.42 Å². The van der Waals surface area contributed by atoms with Crippen molar-refractivity contribution < 1.29 is 4.42 Å². The highest BCUT2D eigenvalue weighted by molar-refractivity contribution is 7.25. The second kappa shape index (κ2) is 15.3. The van der Waals surface area contributed by atoms with Crippen molar-refractivity contribution in [3.8, 4) is 55.9 Å². The average Bonchev–Trinajstić information content (AvgIpc) is 4.18. The number of fused-ring (bicyclic) bond motifs is 12. The summed E-state index contributed by atoms with van der Waals surface area (Å²) in [5.74, 6) is 0. The Morgan fingerprint density at radius 1 is 0.271 bits per heavy atom. The van der Waals surface area contributed by atoms with Gasteiger partial charge in [-0.2, -0.15) is 0 Å². The van der Waals surface area contributed by atoms with Crippen molar-refractivity contribution in [2.45, 2.75) is 0 Å². The molecule has 3 nitrogen and oxygen atoms in total. The first-order chi connectivity index (χ1) is 34.7. The van der Waals surface area contributed by atoms with Crippen LogP contribution >= 0.6 is 11.3 Å². The zero-order valence-corrected chi connectivity index (χ0v) is 38.6. The van der Waals surface area contributed by atoms with Gasteiger partial charge in [0.25, 0.3) is 0 Å². The number of furan rings is 1. The van der Waals surface area contributed by atoms with Crippen molar-refractivity contribution in [1.29, 1.82) is 0 Å². The van der Waals surface area contributed by atoms with Crippen molar-refractivity contribution >= 4 is 97.1 Å². The average molecular weight is 909 g/mol. The van der Waals surface area contributed by atoms with Crippen LogP contribution in [0.4, 0.5) is 0 Å². The van der Waals surface area contributed by atoms with Crippen molar-refractivity contribution in [3.05, 3.63) is 243 Å². The van der Waals surface area contributed by atoms with Crippen LogP contribution in [0.2, 0.25) is 0 Å². The van der Waals surface area contributed by atoms with Crippen LogP contribution in [0.15, 0.2) is 247 Å². The van der Waals surface area contributed by atoms with Crippen molar-refractivity contribution in [3.63, 3.8) is 0 Å². The number of hydrogen-bond acceptors (Lipinski definition) is 2. The molecule has 0 amide bonds. The molecule has 0 unspecified atom stereocenters. The highest BCUT2D eigenvalue weighted by atomic mass is 32.1. The Morgan fingerprint density at radius 3 is 1.34 bits per heavy atom. The molecule has 0 fully saturated rings. The maximum Gasteiger partial charge on any atom is 0.143 e. The molecule has 4 aromatic heterocycles. The Hall–Kier alpha value is -8.96. The highest BCUT2D eigenvalue weighted by Gasteiger charge is 2.20. The van der Waals surface area contributed by atoms with Gasteiger partial charge in [-0.25, -0.2) is 0 Å². The molecular formula is C66H40N2OS. The Morgan fingerprint density at radius 2 is 0.714 bits per heavy atom. The molecule has 0 aliphatic rings. The Bertz CT molecular complexity index is 4510. The van der Waals surface area contributed by atoms with Crippen molar-refractivity contribution in [2.75, 3.05) is 0 Å². The topological polar surface area (TPSA) is 23.0 Å². The maximum absolute atomic E-state index is 7.02. The molecule has 0 aliphatic heterocycles. The van der Waals surface area contributed by atoms with E-state index in [-0.39, 0.29) is 0 Å². The van der Waals surface area contributed by atoms with Gasteiger partial charge in [0.2, 0.25) is 0 Å². The lowest BCUT2D eigenvalue weighted by Gasteiger charge is -2.13. The monoisotopic (exact) mass is 908 g/mol. The Labute approximate surface area is 407 Å². The molecule has 0 saturated heterocycles. The fraction of sp³-hybridized carbons (Fsp3) is 0. The first kappa shape index (κ1) is 39.1. The van der Waals surface area contributed by atoms with E-state index >= 15 is 0 Å². The number of aromatic nitrogens is 2. The van der Waals surface area contributed by atoms with Crippen LogP contribution in [0.1, 0.15) is 0 Å². The number of para-hydroxylation sites is 4. The minimum Gasteiger partial charge on any atom is -0.455 e. The summed E-state index contributed by atoms with van der Waals surface area (Å²) in [5.41, 5.74) is 17.8. The maximum atomic E-state index is 7.02. The molecule has 0 atom stereocenters. The summed E-state index contributed by atoms with van der Waals surface area (Å²) in [4.78, 5) is 0. The lowest BCUT2D eigenvalue weighted by molar-refractivity contribution is 0.670. The first-order valence-electron chi connectivity index (χ1n) is 23.9. The van der Waals surface area contributed by atoms with Crippen molar-refractivity contribution in [1.82, 2.24) is 9.13 Å². The molecule has 0 aliphatic carbocycles. The van der Waals surface area contributed by atoms with Crippen LogP contribution < -0.4 is 0 Å². The minimum absolute atomic E-state index is 0.860. The third-order valence-corrected chi connectivity index (χ3v) is 15.6. The normalized spacial score (nSPS) is 12.0. The summed E-state index contributed by atoms with van der Waals surface area (Å²) in [6.45, 7) is 0. The lowest BCUT2D eigenvalue weighted by atomic mass is 9.93. The van der Waals surface area contributed by atoms with Crippen LogP contribution in [0.25, 0.3) is 142 Å². The van der Waals surface area contributed by atoms with Gasteiger partial charge < -0.3 is 13.6 Å². The van der Waals surface area contributed by atoms with E-state index in [0.717, 1.165) is 66.7 Å². The van der Waals surface area contributed by atoms with Crippen LogP contribution in [-0.4, -0.2) is 9.13 Å². The second-order valence-electron chi connectivity index (χ2n) is 18.4. The molecule has 11 aromatic carbocycles. The third kappa shape index (κ3) is 6.00. The second-order valence-corrected chi connectivity index (χ2v) is 19.5. The van der Waals surface area contributed by atoms with E-state index in [2.05, 4.69) is 252 Å². The molecule has 0 bridgehead atoms. The first-order valence-corrected chi connectivity index (χ1v) is 24.7. The van der Waals surface area contributed by atoms with Crippen LogP contribution in [-0.2, 0) is 0 Å². The predicted molar refractivity (Wildman–Crippen MR) is 297 cm³/mol. The van der Waals surface area contributed by atoms with Gasteiger partial charge in [-0.1, -0.05) is 146 Å². The molecule has 0 radical (unpaired) electrons. The fourth-order valence-electron chi connectivity index (χ4n) is 11.3. The van der Waals surface area contributed by atoms with E-state index in [1.54, 1.807) is 0 Å². The number of nitrogens with zero attached hydrogens (tertiary/aromatic N) is 2. The van der Waals surface area contributed by atoms with Gasteiger partial charge >= 0.3 is 0 Å². The summed E-state index contributed by atoms with van der Waals surface area (Å²) < 4.78 is 14.4. The van der Waals surface area contributed by atoms with E-state index in [1.807, 2.05) is 11.3 Å². The van der Waals surface area contributed by atoms with Crippen LogP contribution in [0, 0.1) is 0 Å². The summed E-state index contributed by atoms with van der Waals surface area (Å²) in [6.07, 6.45) is 0. The van der Waals surface area contributed by atoms with Gasteiger partial charge in [0, 0.05) is 69.4 Å². The molecule has 15 aromatic rings. The largest absolute Gasteiger partial charge is 0.455 e. The summed E-state index contributed by atoms with van der Waals surface area (Å²) in [6, 6.07) is 88.8. The summed E-state index contributed by atoms with van der Waals surface area (Å²) in [5, 5.41) is 9.78. The fourth-order valence-corrected chi connectivity index (χ4v) is 12.3. The van der Waals surface area contributed by atoms with Gasteiger partial charge in [0.15, 0.2) is 0 Å². The van der Waals surface area contributed by atoms with Crippen LogP contribution in [0.5, 0.6) is 0 Å². The summed E-state index contributed by atoms with van der Waals surface area (Å²) in [7, 11) is 0. The number of benzene rings is 11. The van der Waals surface area contributed by atoms with E-state index in [1.165, 1.54) is 74.9 Å². The van der Waals surface area contributed by atoms with Gasteiger partial charge in [-0.3, -0.25) is 0 Å². The number of thiophene rings is 1. The SMILES string of the molecule is c1cc(-c2ccc3sc4ccccc4c3c2)cc(-c2cc(-c3cccc(-n4c5ccccc5c5ccccc54)c3)c3oc4ccc(-c5cccc(-n6c7ccccc7c7ccccc76)c5)cc4c3c2)c1. The van der Waals surface area contributed by atoms with Gasteiger partial charge in [-0.05, 0) is 136 Å². The molecule has 70 heavy (non-hydrogen) atoms.